The molecule has 1 atom stereocenters. The average Bonchev–Trinajstić information content (AvgIpc) is 2.41. The van der Waals surface area contributed by atoms with Crippen LogP contribution in [0, 0.1) is 6.92 Å². The van der Waals surface area contributed by atoms with Crippen molar-refractivity contribution in [3.05, 3.63) is 33.8 Å². The Morgan fingerprint density at radius 1 is 1.56 bits per heavy atom. The van der Waals surface area contributed by atoms with Gasteiger partial charge in [0.15, 0.2) is 0 Å². The van der Waals surface area contributed by atoms with Gasteiger partial charge in [0.05, 0.1) is 19.3 Å². The van der Waals surface area contributed by atoms with Crippen LogP contribution in [-0.2, 0) is 4.74 Å². The zero-order valence-electron chi connectivity index (χ0n) is 10.2. The van der Waals surface area contributed by atoms with E-state index in [0.29, 0.717) is 19.8 Å². The molecule has 1 amide bonds. The maximum Gasteiger partial charge on any atom is 0.254 e. The van der Waals surface area contributed by atoms with E-state index in [2.05, 4.69) is 31.9 Å². The zero-order valence-corrected chi connectivity index (χ0v) is 13.3. The number of benzene rings is 1. The van der Waals surface area contributed by atoms with Crippen LogP contribution < -0.4 is 0 Å². The maximum atomic E-state index is 12.5. The molecule has 1 fully saturated rings. The predicted molar refractivity (Wildman–Crippen MR) is 78.3 cm³/mol. The Morgan fingerprint density at radius 3 is 3.00 bits per heavy atom. The third kappa shape index (κ3) is 2.95. The Bertz CT molecular complexity index is 451. The van der Waals surface area contributed by atoms with Gasteiger partial charge in [-0.15, -0.1) is 0 Å². The molecule has 18 heavy (non-hydrogen) atoms. The van der Waals surface area contributed by atoms with Crippen LogP contribution >= 0.6 is 31.9 Å². The maximum absolute atomic E-state index is 12.5. The minimum absolute atomic E-state index is 0.0818. The van der Waals surface area contributed by atoms with Crippen LogP contribution in [0.15, 0.2) is 22.7 Å². The first-order valence-corrected chi connectivity index (χ1v) is 7.75. The number of amides is 1. The van der Waals surface area contributed by atoms with Gasteiger partial charge in [0.2, 0.25) is 0 Å². The van der Waals surface area contributed by atoms with E-state index in [1.165, 1.54) is 0 Å². The van der Waals surface area contributed by atoms with Gasteiger partial charge in [-0.2, -0.15) is 0 Å². The summed E-state index contributed by atoms with van der Waals surface area (Å²) in [6, 6.07) is 5.83. The predicted octanol–water partition coefficient (Wildman–Crippen LogP) is 2.99. The first-order chi connectivity index (χ1) is 8.63. The lowest BCUT2D eigenvalue weighted by Crippen LogP contribution is -2.49. The van der Waals surface area contributed by atoms with Crippen molar-refractivity contribution >= 4 is 37.8 Å². The third-order valence-corrected chi connectivity index (χ3v) is 4.71. The molecule has 1 aromatic rings. The molecule has 0 saturated carbocycles. The lowest BCUT2D eigenvalue weighted by Gasteiger charge is -2.34. The van der Waals surface area contributed by atoms with Crippen LogP contribution in [0.2, 0.25) is 0 Å². The molecule has 2 rings (SSSR count). The molecule has 1 unspecified atom stereocenters. The number of carbonyl (C=O) groups is 1. The molecule has 98 valence electrons. The van der Waals surface area contributed by atoms with Crippen molar-refractivity contribution in [1.82, 2.24) is 4.90 Å². The minimum atomic E-state index is 0.0818. The Labute approximate surface area is 124 Å². The minimum Gasteiger partial charge on any atom is -0.377 e. The number of alkyl halides is 1. The van der Waals surface area contributed by atoms with E-state index in [-0.39, 0.29) is 11.9 Å². The summed E-state index contributed by atoms with van der Waals surface area (Å²) in [4.78, 5) is 14.4. The first-order valence-electron chi connectivity index (χ1n) is 5.84. The summed E-state index contributed by atoms with van der Waals surface area (Å²) in [6.07, 6.45) is 0. The fourth-order valence-corrected chi connectivity index (χ4v) is 2.78. The number of rotatable bonds is 2. The summed E-state index contributed by atoms with van der Waals surface area (Å²) >= 11 is 6.88. The van der Waals surface area contributed by atoms with E-state index in [1.807, 2.05) is 30.0 Å². The van der Waals surface area contributed by atoms with E-state index in [0.717, 1.165) is 20.9 Å². The van der Waals surface area contributed by atoms with Crippen LogP contribution in [0.3, 0.4) is 0 Å². The average molecular weight is 377 g/mol. The molecular weight excluding hydrogens is 362 g/mol. The number of morpholine rings is 1. The SMILES string of the molecule is Cc1cc(C(=O)N2CCOCC2CBr)ccc1Br. The molecule has 1 aliphatic heterocycles. The van der Waals surface area contributed by atoms with Gasteiger partial charge < -0.3 is 9.64 Å². The van der Waals surface area contributed by atoms with Gasteiger partial charge in [0.1, 0.15) is 0 Å². The Hall–Kier alpha value is -0.390. The summed E-state index contributed by atoms with van der Waals surface area (Å²) in [5, 5.41) is 0.744. The Morgan fingerprint density at radius 2 is 2.33 bits per heavy atom. The largest absolute Gasteiger partial charge is 0.377 e. The highest BCUT2D eigenvalue weighted by atomic mass is 79.9. The molecule has 1 heterocycles. The van der Waals surface area contributed by atoms with Gasteiger partial charge >= 0.3 is 0 Å². The summed E-state index contributed by atoms with van der Waals surface area (Å²) in [5.74, 6) is 0.0818. The molecular formula is C13H15Br2NO2. The molecule has 0 aromatic heterocycles. The molecule has 1 aliphatic rings. The van der Waals surface area contributed by atoms with Gasteiger partial charge in [-0.1, -0.05) is 31.9 Å². The second-order valence-corrected chi connectivity index (χ2v) is 5.85. The summed E-state index contributed by atoms with van der Waals surface area (Å²) in [6.45, 7) is 3.86. The fourth-order valence-electron chi connectivity index (χ4n) is 1.99. The van der Waals surface area contributed by atoms with Crippen LogP contribution in [0.4, 0.5) is 0 Å². The number of carbonyl (C=O) groups excluding carboxylic acids is 1. The summed E-state index contributed by atoms with van der Waals surface area (Å²) in [5.41, 5.74) is 1.81. The van der Waals surface area contributed by atoms with Gasteiger partial charge in [-0.05, 0) is 30.7 Å². The van der Waals surface area contributed by atoms with E-state index in [9.17, 15) is 4.79 Å². The third-order valence-electron chi connectivity index (χ3n) is 3.07. The number of nitrogens with zero attached hydrogens (tertiary/aromatic N) is 1. The van der Waals surface area contributed by atoms with Gasteiger partial charge in [0, 0.05) is 21.9 Å². The number of hydrogen-bond donors (Lipinski definition) is 0. The molecule has 0 N–H and O–H groups in total. The summed E-state index contributed by atoms with van der Waals surface area (Å²) in [7, 11) is 0. The molecule has 0 spiro atoms. The van der Waals surface area contributed by atoms with Crippen LogP contribution in [0.5, 0.6) is 0 Å². The Balaban J connectivity index is 2.21. The topological polar surface area (TPSA) is 29.5 Å². The van der Waals surface area contributed by atoms with Crippen LogP contribution in [0.25, 0.3) is 0 Å². The highest BCUT2D eigenvalue weighted by Gasteiger charge is 2.27. The normalized spacial score (nSPS) is 19.9. The van der Waals surface area contributed by atoms with Crippen molar-refractivity contribution in [2.45, 2.75) is 13.0 Å². The molecule has 0 aliphatic carbocycles. The Kier molecular flexibility index (Phi) is 4.81. The molecule has 1 aromatic carbocycles. The molecule has 0 bridgehead atoms. The fraction of sp³-hybridized carbons (Fsp3) is 0.462. The van der Waals surface area contributed by atoms with Crippen LogP contribution in [0.1, 0.15) is 15.9 Å². The highest BCUT2D eigenvalue weighted by molar-refractivity contribution is 9.10. The standard InChI is InChI=1S/C13H15Br2NO2/c1-9-6-10(2-3-12(9)15)13(17)16-4-5-18-8-11(16)7-14/h2-3,6,11H,4-5,7-8H2,1H3. The number of halogens is 2. The molecule has 3 nitrogen and oxygen atoms in total. The van der Waals surface area contributed by atoms with E-state index in [1.54, 1.807) is 0 Å². The van der Waals surface area contributed by atoms with Crippen molar-refractivity contribution in [1.29, 1.82) is 0 Å². The van der Waals surface area contributed by atoms with Crippen LogP contribution in [-0.4, -0.2) is 41.9 Å². The van der Waals surface area contributed by atoms with Crippen molar-refractivity contribution in [3.63, 3.8) is 0 Å². The zero-order chi connectivity index (χ0) is 13.1. The molecule has 5 heteroatoms. The van der Waals surface area contributed by atoms with Crippen molar-refractivity contribution in [3.8, 4) is 0 Å². The summed E-state index contributed by atoms with van der Waals surface area (Å²) < 4.78 is 6.43. The lowest BCUT2D eigenvalue weighted by molar-refractivity contribution is 0.00524. The smallest absolute Gasteiger partial charge is 0.254 e. The molecule has 1 saturated heterocycles. The van der Waals surface area contributed by atoms with Crippen molar-refractivity contribution < 1.29 is 9.53 Å². The van der Waals surface area contributed by atoms with Crippen molar-refractivity contribution in [2.75, 3.05) is 25.1 Å². The number of ether oxygens (including phenoxy) is 1. The van der Waals surface area contributed by atoms with E-state index in [4.69, 9.17) is 4.74 Å². The van der Waals surface area contributed by atoms with E-state index < -0.39 is 0 Å². The first kappa shape index (κ1) is 14.0. The highest BCUT2D eigenvalue weighted by Crippen LogP contribution is 2.20. The molecule has 0 radical (unpaired) electrons. The van der Waals surface area contributed by atoms with Gasteiger partial charge in [0.25, 0.3) is 5.91 Å². The van der Waals surface area contributed by atoms with Gasteiger partial charge in [-0.3, -0.25) is 4.79 Å². The second-order valence-electron chi connectivity index (χ2n) is 4.35. The second kappa shape index (κ2) is 6.17. The van der Waals surface area contributed by atoms with E-state index >= 15 is 0 Å². The van der Waals surface area contributed by atoms with Crippen molar-refractivity contribution in [2.24, 2.45) is 0 Å². The number of aryl methyl sites for hydroxylation is 1. The quantitative estimate of drug-likeness (QED) is 0.742. The lowest BCUT2D eigenvalue weighted by atomic mass is 10.1. The monoisotopic (exact) mass is 375 g/mol. The number of hydrogen-bond acceptors (Lipinski definition) is 2. The van der Waals surface area contributed by atoms with Gasteiger partial charge in [-0.25, -0.2) is 0 Å².